The van der Waals surface area contributed by atoms with Crippen molar-refractivity contribution in [2.45, 2.75) is 13.1 Å². The van der Waals surface area contributed by atoms with Gasteiger partial charge in [0, 0.05) is 5.69 Å². The molecule has 0 aliphatic heterocycles. The number of nitrogens with one attached hydrogen (secondary N) is 1. The maximum atomic E-state index is 12.7. The molecule has 0 radical (unpaired) electrons. The van der Waals surface area contributed by atoms with Crippen LogP contribution < -0.4 is 10.1 Å². The minimum Gasteiger partial charge on any atom is -0.494 e. The van der Waals surface area contributed by atoms with Crippen LogP contribution in [0.2, 0.25) is 0 Å². The molecule has 1 N–H and O–H groups in total. The SMILES string of the molecule is COc1cnc(C(=O)Nc2cc(C(F)(F)F)ccc2C)nc1. The van der Waals surface area contributed by atoms with Crippen LogP contribution in [0.5, 0.6) is 5.75 Å². The van der Waals surface area contributed by atoms with Gasteiger partial charge >= 0.3 is 6.18 Å². The maximum Gasteiger partial charge on any atom is 0.416 e. The number of nitrogens with zero attached hydrogens (tertiary/aromatic N) is 2. The van der Waals surface area contributed by atoms with Gasteiger partial charge in [-0.2, -0.15) is 13.2 Å². The Morgan fingerprint density at radius 2 is 1.86 bits per heavy atom. The highest BCUT2D eigenvalue weighted by atomic mass is 19.4. The van der Waals surface area contributed by atoms with Gasteiger partial charge in [-0.3, -0.25) is 4.79 Å². The average molecular weight is 311 g/mol. The molecule has 2 aromatic rings. The number of rotatable bonds is 3. The summed E-state index contributed by atoms with van der Waals surface area (Å²) in [6.45, 7) is 1.59. The number of anilines is 1. The number of aryl methyl sites for hydroxylation is 1. The second-order valence-electron chi connectivity index (χ2n) is 4.43. The van der Waals surface area contributed by atoms with Gasteiger partial charge in [0.15, 0.2) is 5.75 Å². The molecule has 0 bridgehead atoms. The predicted molar refractivity (Wildman–Crippen MR) is 72.7 cm³/mol. The van der Waals surface area contributed by atoms with Crippen LogP contribution in [-0.2, 0) is 6.18 Å². The van der Waals surface area contributed by atoms with Gasteiger partial charge in [0.25, 0.3) is 5.91 Å². The summed E-state index contributed by atoms with van der Waals surface area (Å²) in [6, 6.07) is 3.11. The first-order valence-electron chi connectivity index (χ1n) is 6.16. The first kappa shape index (κ1) is 15.7. The number of aromatic nitrogens is 2. The van der Waals surface area contributed by atoms with E-state index in [0.717, 1.165) is 12.1 Å². The monoisotopic (exact) mass is 311 g/mol. The molecule has 1 aromatic heterocycles. The van der Waals surface area contributed by atoms with E-state index in [1.807, 2.05) is 0 Å². The maximum absolute atomic E-state index is 12.7. The van der Waals surface area contributed by atoms with Crippen LogP contribution in [0.3, 0.4) is 0 Å². The van der Waals surface area contributed by atoms with Crippen LogP contribution in [0.4, 0.5) is 18.9 Å². The molecule has 0 aliphatic carbocycles. The zero-order chi connectivity index (χ0) is 16.3. The molecule has 1 heterocycles. The first-order chi connectivity index (χ1) is 10.3. The van der Waals surface area contributed by atoms with Gasteiger partial charge in [0.2, 0.25) is 5.82 Å². The molecular formula is C14H12F3N3O2. The number of carbonyl (C=O) groups is 1. The van der Waals surface area contributed by atoms with Crippen molar-refractivity contribution in [1.82, 2.24) is 9.97 Å². The normalized spacial score (nSPS) is 11.1. The molecule has 2 rings (SSSR count). The highest BCUT2D eigenvalue weighted by Crippen LogP contribution is 2.32. The zero-order valence-electron chi connectivity index (χ0n) is 11.7. The van der Waals surface area contributed by atoms with E-state index < -0.39 is 17.6 Å². The van der Waals surface area contributed by atoms with Gasteiger partial charge in [-0.05, 0) is 24.6 Å². The van der Waals surface area contributed by atoms with Crippen molar-refractivity contribution in [2.24, 2.45) is 0 Å². The number of alkyl halides is 3. The van der Waals surface area contributed by atoms with Crippen LogP contribution in [0.15, 0.2) is 30.6 Å². The van der Waals surface area contributed by atoms with Crippen LogP contribution in [0.25, 0.3) is 0 Å². The lowest BCUT2D eigenvalue weighted by molar-refractivity contribution is -0.137. The number of hydrogen-bond acceptors (Lipinski definition) is 4. The Kier molecular flexibility index (Phi) is 4.30. The second kappa shape index (κ2) is 6.00. The number of benzene rings is 1. The third-order valence-corrected chi connectivity index (χ3v) is 2.88. The van der Waals surface area contributed by atoms with Crippen molar-refractivity contribution in [3.8, 4) is 5.75 Å². The minimum atomic E-state index is -4.48. The van der Waals surface area contributed by atoms with Crippen molar-refractivity contribution in [3.63, 3.8) is 0 Å². The molecule has 0 spiro atoms. The fourth-order valence-electron chi connectivity index (χ4n) is 1.65. The van der Waals surface area contributed by atoms with E-state index in [-0.39, 0.29) is 11.5 Å². The van der Waals surface area contributed by atoms with Crippen LogP contribution in [-0.4, -0.2) is 23.0 Å². The van der Waals surface area contributed by atoms with E-state index in [1.54, 1.807) is 6.92 Å². The molecule has 1 aromatic carbocycles. The Labute approximate surface area is 124 Å². The Hall–Kier alpha value is -2.64. The smallest absolute Gasteiger partial charge is 0.416 e. The molecule has 22 heavy (non-hydrogen) atoms. The van der Waals surface area contributed by atoms with E-state index in [4.69, 9.17) is 4.74 Å². The zero-order valence-corrected chi connectivity index (χ0v) is 11.7. The summed E-state index contributed by atoms with van der Waals surface area (Å²) in [6.07, 6.45) is -1.90. The summed E-state index contributed by atoms with van der Waals surface area (Å²) >= 11 is 0. The topological polar surface area (TPSA) is 64.1 Å². The number of hydrogen-bond donors (Lipinski definition) is 1. The molecule has 116 valence electrons. The van der Waals surface area contributed by atoms with Gasteiger partial charge in [-0.15, -0.1) is 0 Å². The summed E-state index contributed by atoms with van der Waals surface area (Å²) < 4.78 is 42.9. The van der Waals surface area contributed by atoms with Crippen molar-refractivity contribution >= 4 is 11.6 Å². The third-order valence-electron chi connectivity index (χ3n) is 2.88. The van der Waals surface area contributed by atoms with E-state index in [1.165, 1.54) is 25.6 Å². The molecule has 0 aliphatic rings. The molecule has 0 atom stereocenters. The number of carbonyl (C=O) groups excluding carboxylic acids is 1. The fraction of sp³-hybridized carbons (Fsp3) is 0.214. The van der Waals surface area contributed by atoms with Crippen molar-refractivity contribution in [2.75, 3.05) is 12.4 Å². The van der Waals surface area contributed by atoms with E-state index >= 15 is 0 Å². The van der Waals surface area contributed by atoms with Crippen molar-refractivity contribution < 1.29 is 22.7 Å². The number of amides is 1. The van der Waals surface area contributed by atoms with Crippen molar-refractivity contribution in [1.29, 1.82) is 0 Å². The van der Waals surface area contributed by atoms with Crippen molar-refractivity contribution in [3.05, 3.63) is 47.5 Å². The summed E-state index contributed by atoms with van der Waals surface area (Å²) in [4.78, 5) is 19.5. The van der Waals surface area contributed by atoms with E-state index in [0.29, 0.717) is 11.3 Å². The molecule has 0 unspecified atom stereocenters. The van der Waals surface area contributed by atoms with Crippen LogP contribution >= 0.6 is 0 Å². The summed E-state index contributed by atoms with van der Waals surface area (Å²) in [5.74, 6) is -0.505. The lowest BCUT2D eigenvalue weighted by Crippen LogP contribution is -2.17. The quantitative estimate of drug-likeness (QED) is 0.946. The summed E-state index contributed by atoms with van der Waals surface area (Å²) in [7, 11) is 1.42. The largest absolute Gasteiger partial charge is 0.494 e. The molecular weight excluding hydrogens is 299 g/mol. The second-order valence-corrected chi connectivity index (χ2v) is 4.43. The molecule has 1 amide bonds. The predicted octanol–water partition coefficient (Wildman–Crippen LogP) is 3.06. The molecule has 0 saturated carbocycles. The third kappa shape index (κ3) is 3.51. The molecule has 0 fully saturated rings. The Balaban J connectivity index is 2.23. The van der Waals surface area contributed by atoms with Gasteiger partial charge < -0.3 is 10.1 Å². The van der Waals surface area contributed by atoms with E-state index in [9.17, 15) is 18.0 Å². The number of methoxy groups -OCH3 is 1. The van der Waals surface area contributed by atoms with Gasteiger partial charge in [-0.1, -0.05) is 6.07 Å². The van der Waals surface area contributed by atoms with Gasteiger partial charge in [0.1, 0.15) is 0 Å². The van der Waals surface area contributed by atoms with E-state index in [2.05, 4.69) is 15.3 Å². The lowest BCUT2D eigenvalue weighted by atomic mass is 10.1. The standard InChI is InChI=1S/C14H12F3N3O2/c1-8-3-4-9(14(15,16)17)5-11(8)20-13(21)12-18-6-10(22-2)7-19-12/h3-7H,1-2H3,(H,20,21). The Morgan fingerprint density at radius 3 is 2.41 bits per heavy atom. The summed E-state index contributed by atoms with van der Waals surface area (Å²) in [5, 5.41) is 2.37. The van der Waals surface area contributed by atoms with Gasteiger partial charge in [0.05, 0.1) is 25.1 Å². The van der Waals surface area contributed by atoms with Crippen LogP contribution in [0.1, 0.15) is 21.7 Å². The van der Waals surface area contributed by atoms with Gasteiger partial charge in [-0.25, -0.2) is 9.97 Å². The average Bonchev–Trinajstić information content (AvgIpc) is 2.48. The summed E-state index contributed by atoms with van der Waals surface area (Å²) in [5.41, 5.74) is -0.293. The minimum absolute atomic E-state index is 0.0549. The highest BCUT2D eigenvalue weighted by molar-refractivity contribution is 6.02. The number of ether oxygens (including phenoxy) is 1. The van der Waals surface area contributed by atoms with Crippen LogP contribution in [0, 0.1) is 6.92 Å². The fourth-order valence-corrected chi connectivity index (χ4v) is 1.65. The number of halogens is 3. The highest BCUT2D eigenvalue weighted by Gasteiger charge is 2.31. The molecule has 8 heteroatoms. The molecule has 0 saturated heterocycles. The lowest BCUT2D eigenvalue weighted by Gasteiger charge is -2.12. The first-order valence-corrected chi connectivity index (χ1v) is 6.16. The Bertz CT molecular complexity index is 685. The Morgan fingerprint density at radius 1 is 1.23 bits per heavy atom. The molecule has 5 nitrogen and oxygen atoms in total.